The van der Waals surface area contributed by atoms with Gasteiger partial charge in [0.05, 0.1) is 11.4 Å². The molecule has 2 nitrogen and oxygen atoms in total. The van der Waals surface area contributed by atoms with Crippen LogP contribution in [0.15, 0.2) is 82.7 Å². The average Bonchev–Trinajstić information content (AvgIpc) is 2.92. The number of rotatable bonds is 14. The molecule has 3 aromatic rings. The van der Waals surface area contributed by atoms with E-state index < -0.39 is 0 Å². The Morgan fingerprint density at radius 1 is 0.667 bits per heavy atom. The fourth-order valence-corrected chi connectivity index (χ4v) is 4.55. The Morgan fingerprint density at radius 2 is 1.39 bits per heavy atom. The van der Waals surface area contributed by atoms with Crippen LogP contribution < -0.4 is 0 Å². The lowest BCUT2D eigenvalue weighted by atomic mass is 9.97. The van der Waals surface area contributed by atoms with E-state index in [-0.39, 0.29) is 0 Å². The highest BCUT2D eigenvalue weighted by Gasteiger charge is 2.05. The first-order valence-electron chi connectivity index (χ1n) is 14.1. The molecule has 36 heavy (non-hydrogen) atoms. The summed E-state index contributed by atoms with van der Waals surface area (Å²) in [4.78, 5) is 0. The van der Waals surface area contributed by atoms with Crippen molar-refractivity contribution >= 4 is 11.8 Å². The quantitative estimate of drug-likeness (QED) is 0.162. The number of nitrogens with zero attached hydrogens (tertiary/aromatic N) is 2. The number of aryl methyl sites for hydroxylation is 3. The van der Waals surface area contributed by atoms with E-state index in [2.05, 4.69) is 106 Å². The van der Waals surface area contributed by atoms with Gasteiger partial charge in [-0.25, -0.2) is 0 Å². The zero-order valence-electron chi connectivity index (χ0n) is 22.9. The van der Waals surface area contributed by atoms with Crippen molar-refractivity contribution in [2.75, 3.05) is 0 Å². The molecule has 0 aliphatic heterocycles. The summed E-state index contributed by atoms with van der Waals surface area (Å²) in [6, 6.07) is 24.2. The van der Waals surface area contributed by atoms with E-state index in [4.69, 9.17) is 5.11 Å². The van der Waals surface area contributed by atoms with Crippen molar-refractivity contribution in [2.24, 2.45) is 10.2 Å². The lowest BCUT2D eigenvalue weighted by Gasteiger charge is -2.09. The van der Waals surface area contributed by atoms with E-state index in [1.54, 1.807) is 0 Å². The number of hydrogen-bond donors (Lipinski definition) is 0. The predicted molar refractivity (Wildman–Crippen MR) is 157 cm³/mol. The molecule has 0 saturated carbocycles. The van der Waals surface area contributed by atoms with Crippen LogP contribution in [0.5, 0.6) is 0 Å². The van der Waals surface area contributed by atoms with Gasteiger partial charge in [0, 0.05) is 0 Å². The Kier molecular flexibility index (Phi) is 11.6. The van der Waals surface area contributed by atoms with Crippen molar-refractivity contribution in [1.82, 2.24) is 0 Å². The van der Waals surface area contributed by atoms with E-state index in [0.29, 0.717) is 0 Å². The molecule has 190 valence electrons. The van der Waals surface area contributed by atoms with Crippen molar-refractivity contribution in [3.63, 3.8) is 0 Å². The van der Waals surface area contributed by atoms with Crippen LogP contribution in [0.4, 0.5) is 5.69 Å². The second kappa shape index (κ2) is 15.2. The predicted octanol–water partition coefficient (Wildman–Crippen LogP) is 10.9. The van der Waals surface area contributed by atoms with Crippen LogP contribution in [0.3, 0.4) is 0 Å². The fraction of sp³-hybridized carbons (Fsp3) is 0.412. The molecule has 3 aromatic carbocycles. The number of allylic oxidation sites excluding steroid dienone is 1. The topological polar surface area (TPSA) is 24.7 Å². The Labute approximate surface area is 219 Å². The third-order valence-corrected chi connectivity index (χ3v) is 6.70. The smallest absolute Gasteiger partial charge is 0.0865 e. The molecule has 0 N–H and O–H groups in total. The van der Waals surface area contributed by atoms with Gasteiger partial charge >= 0.3 is 0 Å². The summed E-state index contributed by atoms with van der Waals surface area (Å²) in [6.07, 6.45) is 14.0. The van der Waals surface area contributed by atoms with Gasteiger partial charge in [0.1, 0.15) is 0 Å². The third kappa shape index (κ3) is 8.90. The molecular formula is C34H44N2. The van der Waals surface area contributed by atoms with Crippen LogP contribution >= 0.6 is 0 Å². The molecule has 0 amide bonds. The molecule has 0 aliphatic rings. The number of benzene rings is 3. The van der Waals surface area contributed by atoms with Crippen LogP contribution in [-0.2, 0) is 19.3 Å². The number of azo groups is 1. The highest BCUT2D eigenvalue weighted by atomic mass is 15.1. The van der Waals surface area contributed by atoms with Crippen molar-refractivity contribution in [3.05, 3.63) is 94.7 Å². The molecule has 2 heteroatoms. The first kappa shape index (κ1) is 27.6. The molecule has 0 heterocycles. The van der Waals surface area contributed by atoms with Crippen LogP contribution in [0, 0.1) is 0 Å². The highest BCUT2D eigenvalue weighted by Crippen LogP contribution is 2.28. The maximum absolute atomic E-state index is 4.71. The summed E-state index contributed by atoms with van der Waals surface area (Å²) >= 11 is 0. The molecule has 0 unspecified atom stereocenters. The fourth-order valence-electron chi connectivity index (χ4n) is 4.55. The summed E-state index contributed by atoms with van der Waals surface area (Å²) in [5.41, 5.74) is 9.80. The van der Waals surface area contributed by atoms with E-state index in [9.17, 15) is 0 Å². The molecule has 0 saturated heterocycles. The number of hydrogen-bond acceptors (Lipinski definition) is 2. The van der Waals surface area contributed by atoms with Gasteiger partial charge in [-0.1, -0.05) is 108 Å². The minimum Gasteiger partial charge on any atom is -0.155 e. The standard InChI is InChI=1S/C34H44N2/c1-5-9-11-13-17-29-20-28(16-10-6-2)21-30(22-29)25-33(8-4)35-36-34-24-27(7-3)23-32(26-34)31-18-14-12-15-19-31/h12,14-15,18-26H,5-11,13,16-17H2,1-4H3. The van der Waals surface area contributed by atoms with Gasteiger partial charge in [-0.3, -0.25) is 0 Å². The molecular weight excluding hydrogens is 436 g/mol. The Balaban J connectivity index is 1.86. The Morgan fingerprint density at radius 3 is 2.06 bits per heavy atom. The van der Waals surface area contributed by atoms with Crippen molar-refractivity contribution in [3.8, 4) is 11.1 Å². The van der Waals surface area contributed by atoms with E-state index in [1.807, 2.05) is 0 Å². The monoisotopic (exact) mass is 480 g/mol. The van der Waals surface area contributed by atoms with E-state index >= 15 is 0 Å². The second-order valence-corrected chi connectivity index (χ2v) is 9.79. The molecule has 0 aliphatic carbocycles. The van der Waals surface area contributed by atoms with Gasteiger partial charge in [-0.15, -0.1) is 0 Å². The van der Waals surface area contributed by atoms with Crippen molar-refractivity contribution in [1.29, 1.82) is 0 Å². The molecule has 0 bridgehead atoms. The summed E-state index contributed by atoms with van der Waals surface area (Å²) in [7, 11) is 0. The highest BCUT2D eigenvalue weighted by molar-refractivity contribution is 5.68. The molecule has 0 aromatic heterocycles. The van der Waals surface area contributed by atoms with Gasteiger partial charge in [-0.05, 0) is 90.1 Å². The largest absolute Gasteiger partial charge is 0.155 e. The van der Waals surface area contributed by atoms with Crippen LogP contribution in [0.25, 0.3) is 17.2 Å². The lowest BCUT2D eigenvalue weighted by molar-refractivity contribution is 0.666. The summed E-state index contributed by atoms with van der Waals surface area (Å²) in [6.45, 7) is 8.89. The van der Waals surface area contributed by atoms with Crippen LogP contribution in [-0.4, -0.2) is 0 Å². The third-order valence-electron chi connectivity index (χ3n) is 6.70. The number of unbranched alkanes of at least 4 members (excludes halogenated alkanes) is 4. The van der Waals surface area contributed by atoms with Crippen LogP contribution in [0.1, 0.15) is 94.9 Å². The maximum Gasteiger partial charge on any atom is 0.0865 e. The van der Waals surface area contributed by atoms with Crippen molar-refractivity contribution in [2.45, 2.75) is 91.9 Å². The van der Waals surface area contributed by atoms with Crippen molar-refractivity contribution < 1.29 is 0 Å². The lowest BCUT2D eigenvalue weighted by Crippen LogP contribution is -1.93. The molecule has 0 fully saturated rings. The van der Waals surface area contributed by atoms with Crippen LogP contribution in [0.2, 0.25) is 0 Å². The maximum atomic E-state index is 4.71. The van der Waals surface area contributed by atoms with E-state index in [1.165, 1.54) is 71.9 Å². The summed E-state index contributed by atoms with van der Waals surface area (Å²) in [5.74, 6) is 0. The Hall–Kier alpha value is -3.00. The molecule has 0 spiro atoms. The minimum absolute atomic E-state index is 0.855. The van der Waals surface area contributed by atoms with Gasteiger partial charge in [0.15, 0.2) is 0 Å². The zero-order valence-corrected chi connectivity index (χ0v) is 22.9. The van der Waals surface area contributed by atoms with Gasteiger partial charge < -0.3 is 0 Å². The average molecular weight is 481 g/mol. The molecule has 0 atom stereocenters. The first-order valence-corrected chi connectivity index (χ1v) is 14.1. The molecule has 0 radical (unpaired) electrons. The van der Waals surface area contributed by atoms with Gasteiger partial charge in [-0.2, -0.15) is 10.2 Å². The zero-order chi connectivity index (χ0) is 25.6. The summed E-state index contributed by atoms with van der Waals surface area (Å²) < 4.78 is 0. The van der Waals surface area contributed by atoms with Gasteiger partial charge in [0.2, 0.25) is 0 Å². The molecule has 3 rings (SSSR count). The summed E-state index contributed by atoms with van der Waals surface area (Å²) in [5, 5.41) is 9.40. The van der Waals surface area contributed by atoms with E-state index in [0.717, 1.165) is 37.1 Å². The second-order valence-electron chi connectivity index (χ2n) is 9.79. The SMILES string of the molecule is CCCCCCc1cc(C=C(CC)N=Nc2cc(CC)cc(-c3ccccc3)c2)cc(CCCC)c1. The Bertz CT molecular complexity index is 1130. The van der Waals surface area contributed by atoms with Gasteiger partial charge in [0.25, 0.3) is 0 Å². The first-order chi connectivity index (χ1) is 17.6. The normalized spacial score (nSPS) is 11.9. The minimum atomic E-state index is 0.855.